The molecule has 0 bridgehead atoms. The topological polar surface area (TPSA) is 56.5 Å². The van der Waals surface area contributed by atoms with E-state index in [1.807, 2.05) is 18.2 Å². The third-order valence-corrected chi connectivity index (χ3v) is 1.44. The number of nitrogens with zero attached hydrogens (tertiary/aromatic N) is 5. The van der Waals surface area contributed by atoms with Crippen molar-refractivity contribution in [1.29, 1.82) is 0 Å². The molecular weight excluding hydrogens is 154 g/mol. The highest BCUT2D eigenvalue weighted by molar-refractivity contribution is 5.03. The van der Waals surface area contributed by atoms with Gasteiger partial charge in [-0.2, -0.15) is 0 Å². The maximum atomic E-state index is 4.14. The molecule has 0 fully saturated rings. The van der Waals surface area contributed by atoms with E-state index in [-0.39, 0.29) is 0 Å². The summed E-state index contributed by atoms with van der Waals surface area (Å²) in [6.07, 6.45) is 3.31. The third-order valence-electron chi connectivity index (χ3n) is 1.44. The van der Waals surface area contributed by atoms with Gasteiger partial charge in [0.15, 0.2) is 0 Å². The van der Waals surface area contributed by atoms with E-state index in [0.29, 0.717) is 6.54 Å². The van der Waals surface area contributed by atoms with Crippen molar-refractivity contribution < 1.29 is 0 Å². The number of rotatable bonds is 2. The molecule has 0 aliphatic carbocycles. The summed E-state index contributed by atoms with van der Waals surface area (Å²) in [6, 6.07) is 5.75. The Kier molecular flexibility index (Phi) is 1.77. The van der Waals surface area contributed by atoms with Gasteiger partial charge in [-0.15, -0.1) is 5.10 Å². The summed E-state index contributed by atoms with van der Waals surface area (Å²) in [5, 5.41) is 10.8. The zero-order valence-corrected chi connectivity index (χ0v) is 6.33. The SMILES string of the molecule is c1ccc(Cn2cnnn2)nc1. The molecule has 0 atom stereocenters. The molecule has 0 radical (unpaired) electrons. The molecule has 2 heterocycles. The molecule has 2 aromatic rings. The van der Waals surface area contributed by atoms with Crippen LogP contribution in [0.4, 0.5) is 0 Å². The first-order valence-corrected chi connectivity index (χ1v) is 3.56. The van der Waals surface area contributed by atoms with E-state index in [0.717, 1.165) is 5.69 Å². The van der Waals surface area contributed by atoms with Crippen LogP contribution in [0.15, 0.2) is 30.7 Å². The standard InChI is InChI=1S/C7H7N5/c1-2-4-8-7(3-1)5-12-6-9-10-11-12/h1-4,6H,5H2. The molecule has 12 heavy (non-hydrogen) atoms. The number of hydrogen-bond donors (Lipinski definition) is 0. The number of aromatic nitrogens is 5. The van der Waals surface area contributed by atoms with Crippen LogP contribution in [0.1, 0.15) is 5.69 Å². The Morgan fingerprint density at radius 2 is 2.33 bits per heavy atom. The Balaban J connectivity index is 2.15. The van der Waals surface area contributed by atoms with Crippen LogP contribution in [0.2, 0.25) is 0 Å². The first-order chi connectivity index (χ1) is 5.95. The lowest BCUT2D eigenvalue weighted by Gasteiger charge is -1.96. The highest BCUT2D eigenvalue weighted by atomic mass is 15.5. The van der Waals surface area contributed by atoms with Gasteiger partial charge in [-0.3, -0.25) is 4.98 Å². The molecule has 0 unspecified atom stereocenters. The van der Waals surface area contributed by atoms with Crippen LogP contribution in [0.5, 0.6) is 0 Å². The van der Waals surface area contributed by atoms with Crippen molar-refractivity contribution in [2.24, 2.45) is 0 Å². The summed E-state index contributed by atoms with van der Waals surface area (Å²) in [7, 11) is 0. The smallest absolute Gasteiger partial charge is 0.138 e. The molecule has 0 aromatic carbocycles. The first kappa shape index (κ1) is 6.90. The van der Waals surface area contributed by atoms with Crippen LogP contribution in [-0.4, -0.2) is 25.2 Å². The van der Waals surface area contributed by atoms with Crippen molar-refractivity contribution in [2.75, 3.05) is 0 Å². The van der Waals surface area contributed by atoms with Crippen molar-refractivity contribution in [3.05, 3.63) is 36.4 Å². The minimum absolute atomic E-state index is 0.619. The van der Waals surface area contributed by atoms with E-state index in [4.69, 9.17) is 0 Å². The largest absolute Gasteiger partial charge is 0.259 e. The predicted molar refractivity (Wildman–Crippen MR) is 41.2 cm³/mol. The second kappa shape index (κ2) is 3.08. The van der Waals surface area contributed by atoms with Crippen LogP contribution < -0.4 is 0 Å². The van der Waals surface area contributed by atoms with Crippen LogP contribution >= 0.6 is 0 Å². The zero-order valence-electron chi connectivity index (χ0n) is 6.33. The normalized spacial score (nSPS) is 10.0. The molecule has 2 aromatic heterocycles. The third kappa shape index (κ3) is 1.45. The average Bonchev–Trinajstić information content (AvgIpc) is 2.59. The van der Waals surface area contributed by atoms with E-state index >= 15 is 0 Å². The Bertz CT molecular complexity index is 328. The van der Waals surface area contributed by atoms with Crippen LogP contribution in [0.3, 0.4) is 0 Å². The molecule has 0 N–H and O–H groups in total. The lowest BCUT2D eigenvalue weighted by molar-refractivity contribution is 0.637. The quantitative estimate of drug-likeness (QED) is 0.627. The molecule has 0 aliphatic rings. The predicted octanol–water partition coefficient (Wildman–Crippen LogP) is 0.116. The van der Waals surface area contributed by atoms with Gasteiger partial charge in [-0.25, -0.2) is 4.68 Å². The van der Waals surface area contributed by atoms with Gasteiger partial charge in [0.05, 0.1) is 12.2 Å². The van der Waals surface area contributed by atoms with Gasteiger partial charge in [0.25, 0.3) is 0 Å². The van der Waals surface area contributed by atoms with Gasteiger partial charge in [0.1, 0.15) is 6.33 Å². The maximum Gasteiger partial charge on any atom is 0.138 e. The van der Waals surface area contributed by atoms with E-state index in [2.05, 4.69) is 20.5 Å². The Labute approximate surface area is 69.1 Å². The van der Waals surface area contributed by atoms with Crippen molar-refractivity contribution in [1.82, 2.24) is 25.2 Å². The van der Waals surface area contributed by atoms with Crippen molar-refractivity contribution in [3.8, 4) is 0 Å². The Morgan fingerprint density at radius 1 is 1.33 bits per heavy atom. The summed E-state index contributed by atoms with van der Waals surface area (Å²) < 4.78 is 1.63. The Morgan fingerprint density at radius 3 is 3.00 bits per heavy atom. The first-order valence-electron chi connectivity index (χ1n) is 3.56. The van der Waals surface area contributed by atoms with Crippen molar-refractivity contribution in [2.45, 2.75) is 6.54 Å². The monoisotopic (exact) mass is 161 g/mol. The fourth-order valence-electron chi connectivity index (χ4n) is 0.910. The minimum atomic E-state index is 0.619. The van der Waals surface area contributed by atoms with Gasteiger partial charge in [0.2, 0.25) is 0 Å². The highest BCUT2D eigenvalue weighted by Gasteiger charge is 1.94. The second-order valence-electron chi connectivity index (χ2n) is 2.33. The minimum Gasteiger partial charge on any atom is -0.259 e. The number of hydrogen-bond acceptors (Lipinski definition) is 4. The molecule has 60 valence electrons. The Hall–Kier alpha value is -1.78. The lowest BCUT2D eigenvalue weighted by Crippen LogP contribution is -2.01. The summed E-state index contributed by atoms with van der Waals surface area (Å²) in [5.41, 5.74) is 0.949. The van der Waals surface area contributed by atoms with E-state index in [1.54, 1.807) is 17.2 Å². The fourth-order valence-corrected chi connectivity index (χ4v) is 0.910. The van der Waals surface area contributed by atoms with E-state index < -0.39 is 0 Å². The van der Waals surface area contributed by atoms with Gasteiger partial charge < -0.3 is 0 Å². The number of pyridine rings is 1. The van der Waals surface area contributed by atoms with Crippen molar-refractivity contribution in [3.63, 3.8) is 0 Å². The van der Waals surface area contributed by atoms with Gasteiger partial charge in [-0.1, -0.05) is 6.07 Å². The van der Waals surface area contributed by atoms with Gasteiger partial charge in [0, 0.05) is 6.20 Å². The lowest BCUT2D eigenvalue weighted by atomic mass is 10.3. The molecule has 5 heteroatoms. The van der Waals surface area contributed by atoms with Gasteiger partial charge >= 0.3 is 0 Å². The zero-order chi connectivity index (χ0) is 8.23. The maximum absolute atomic E-state index is 4.14. The number of tetrazole rings is 1. The fraction of sp³-hybridized carbons (Fsp3) is 0.143. The summed E-state index contributed by atoms with van der Waals surface area (Å²) in [6.45, 7) is 0.619. The summed E-state index contributed by atoms with van der Waals surface area (Å²) in [4.78, 5) is 4.14. The summed E-state index contributed by atoms with van der Waals surface area (Å²) in [5.74, 6) is 0. The second-order valence-corrected chi connectivity index (χ2v) is 2.33. The summed E-state index contributed by atoms with van der Waals surface area (Å²) >= 11 is 0. The van der Waals surface area contributed by atoms with Crippen LogP contribution in [0, 0.1) is 0 Å². The van der Waals surface area contributed by atoms with Crippen LogP contribution in [0.25, 0.3) is 0 Å². The van der Waals surface area contributed by atoms with E-state index in [1.165, 1.54) is 0 Å². The molecular formula is C7H7N5. The molecule has 0 saturated carbocycles. The highest BCUT2D eigenvalue weighted by Crippen LogP contribution is 1.94. The molecule has 0 amide bonds. The molecule has 2 rings (SSSR count). The molecule has 0 aliphatic heterocycles. The molecule has 0 saturated heterocycles. The van der Waals surface area contributed by atoms with Crippen LogP contribution in [-0.2, 0) is 6.54 Å². The average molecular weight is 161 g/mol. The van der Waals surface area contributed by atoms with Crippen molar-refractivity contribution >= 4 is 0 Å². The van der Waals surface area contributed by atoms with E-state index in [9.17, 15) is 0 Å². The molecule has 5 nitrogen and oxygen atoms in total. The van der Waals surface area contributed by atoms with Gasteiger partial charge in [-0.05, 0) is 22.6 Å². The molecule has 0 spiro atoms.